The first-order valence-electron chi connectivity index (χ1n) is 11.2. The zero-order valence-electron chi connectivity index (χ0n) is 20.4. The Morgan fingerprint density at radius 1 is 1.13 bits per heavy atom. The van der Waals surface area contributed by atoms with E-state index in [9.17, 15) is 27.2 Å². The van der Waals surface area contributed by atoms with Crippen LogP contribution in [0.3, 0.4) is 0 Å². The highest BCUT2D eigenvalue weighted by atomic mass is 31.0. The number of imidazole rings is 1. The van der Waals surface area contributed by atoms with Gasteiger partial charge in [0.25, 0.3) is 5.91 Å². The first-order valence-corrected chi connectivity index (χ1v) is 11.8. The van der Waals surface area contributed by atoms with E-state index in [1.807, 2.05) is 6.07 Å². The van der Waals surface area contributed by atoms with E-state index in [1.54, 1.807) is 31.3 Å². The number of anilines is 1. The molecule has 0 fully saturated rings. The zero-order valence-corrected chi connectivity index (χ0v) is 21.5. The van der Waals surface area contributed by atoms with Gasteiger partial charge in [-0.3, -0.25) is 9.59 Å². The maximum Gasteiger partial charge on any atom is 0.573 e. The van der Waals surface area contributed by atoms with Crippen molar-refractivity contribution in [2.24, 2.45) is 0 Å². The maximum absolute atomic E-state index is 14.4. The molecular formula is C25H22F4N5O3P. The molecule has 0 aliphatic rings. The van der Waals surface area contributed by atoms with Gasteiger partial charge in [-0.05, 0) is 67.2 Å². The van der Waals surface area contributed by atoms with Crippen molar-refractivity contribution < 1.29 is 31.9 Å². The minimum absolute atomic E-state index is 0.165. The van der Waals surface area contributed by atoms with Crippen molar-refractivity contribution in [2.45, 2.75) is 33.2 Å². The maximum atomic E-state index is 14.4. The van der Waals surface area contributed by atoms with Crippen LogP contribution in [0.2, 0.25) is 0 Å². The number of fused-ring (bicyclic) bond motifs is 1. The molecule has 8 nitrogen and oxygen atoms in total. The summed E-state index contributed by atoms with van der Waals surface area (Å²) in [6.07, 6.45) is -3.38. The number of aromatic nitrogens is 3. The summed E-state index contributed by atoms with van der Waals surface area (Å²) in [5.74, 6) is -1.88. The van der Waals surface area contributed by atoms with E-state index in [-0.39, 0.29) is 17.0 Å². The number of hydrogen-bond donors (Lipinski definition) is 2. The van der Waals surface area contributed by atoms with Gasteiger partial charge < -0.3 is 15.4 Å². The van der Waals surface area contributed by atoms with Crippen molar-refractivity contribution >= 4 is 37.8 Å². The number of alkyl halides is 3. The second-order valence-corrected chi connectivity index (χ2v) is 9.11. The van der Waals surface area contributed by atoms with E-state index < -0.39 is 29.9 Å². The van der Waals surface area contributed by atoms with Gasteiger partial charge in [0.05, 0.1) is 17.9 Å². The third kappa shape index (κ3) is 6.08. The van der Waals surface area contributed by atoms with Crippen LogP contribution in [0.15, 0.2) is 48.7 Å². The largest absolute Gasteiger partial charge is 0.573 e. The number of nitrogens with one attached hydrogen (secondary N) is 2. The van der Waals surface area contributed by atoms with Gasteiger partial charge >= 0.3 is 6.36 Å². The quantitative estimate of drug-likeness (QED) is 0.270. The monoisotopic (exact) mass is 547 g/mol. The van der Waals surface area contributed by atoms with E-state index in [0.29, 0.717) is 33.6 Å². The molecule has 4 aromatic rings. The summed E-state index contributed by atoms with van der Waals surface area (Å²) in [4.78, 5) is 28.8. The molecule has 0 spiro atoms. The average Bonchev–Trinajstić information content (AvgIpc) is 3.21. The van der Waals surface area contributed by atoms with Crippen LogP contribution in [0.25, 0.3) is 16.9 Å². The second kappa shape index (κ2) is 10.4. The highest BCUT2D eigenvalue weighted by Crippen LogP contribution is 2.28. The Labute approximate surface area is 216 Å². The van der Waals surface area contributed by atoms with Crippen LogP contribution in [0.1, 0.15) is 41.4 Å². The minimum atomic E-state index is -4.94. The van der Waals surface area contributed by atoms with Crippen LogP contribution in [0.4, 0.5) is 23.4 Å². The summed E-state index contributed by atoms with van der Waals surface area (Å²) in [6, 6.07) is 8.48. The van der Waals surface area contributed by atoms with Crippen molar-refractivity contribution in [3.63, 3.8) is 0 Å². The average molecular weight is 547 g/mol. The van der Waals surface area contributed by atoms with Gasteiger partial charge in [0.2, 0.25) is 5.91 Å². The fraction of sp³-hybridized carbons (Fsp3) is 0.200. The molecule has 2 N–H and O–H groups in total. The number of halogens is 4. The second-order valence-electron chi connectivity index (χ2n) is 8.49. The molecule has 0 saturated heterocycles. The lowest BCUT2D eigenvalue weighted by Crippen LogP contribution is -2.29. The summed E-state index contributed by atoms with van der Waals surface area (Å²) in [5.41, 5.74) is 2.35. The van der Waals surface area contributed by atoms with Crippen LogP contribution in [0, 0.1) is 12.7 Å². The molecule has 0 bridgehead atoms. The van der Waals surface area contributed by atoms with E-state index in [0.717, 1.165) is 18.2 Å². The Morgan fingerprint density at radius 2 is 1.87 bits per heavy atom. The lowest BCUT2D eigenvalue weighted by molar-refractivity contribution is -0.274. The first-order chi connectivity index (χ1) is 17.8. The molecule has 0 aliphatic carbocycles. The first kappa shape index (κ1) is 27.0. The Morgan fingerprint density at radius 3 is 2.55 bits per heavy atom. The molecule has 2 atom stereocenters. The number of benzene rings is 2. The van der Waals surface area contributed by atoms with Crippen molar-refractivity contribution in [3.05, 3.63) is 71.2 Å². The highest BCUT2D eigenvalue weighted by molar-refractivity contribution is 7.27. The third-order valence-corrected chi connectivity index (χ3v) is 6.23. The lowest BCUT2D eigenvalue weighted by atomic mass is 10.0. The molecule has 13 heteroatoms. The Bertz CT molecular complexity index is 1550. The molecule has 4 rings (SSSR count). The topological polar surface area (TPSA) is 97.6 Å². The number of carbonyl (C=O) groups excluding carboxylic acids is 2. The predicted octanol–water partition coefficient (Wildman–Crippen LogP) is 4.69. The van der Waals surface area contributed by atoms with Crippen molar-refractivity contribution in [3.8, 4) is 17.0 Å². The Hall–Kier alpha value is -4.05. The molecule has 0 aliphatic heterocycles. The van der Waals surface area contributed by atoms with Gasteiger partial charge in [0.15, 0.2) is 11.5 Å². The Balaban J connectivity index is 1.62. The molecule has 0 saturated carbocycles. The van der Waals surface area contributed by atoms with E-state index in [4.69, 9.17) is 0 Å². The van der Waals surface area contributed by atoms with Crippen LogP contribution in [-0.4, -0.2) is 32.8 Å². The van der Waals surface area contributed by atoms with Gasteiger partial charge in [-0.1, -0.05) is 0 Å². The van der Waals surface area contributed by atoms with Gasteiger partial charge in [0.1, 0.15) is 11.6 Å². The SMILES string of the molecule is CC(=O)Nc1cn2nc(-c3cc(P)c(C)c(C(=O)NC(C)c4cc(OC(F)(F)F)ccc4F)c3)ccc2n1. The number of nitrogens with zero attached hydrogens (tertiary/aromatic N) is 3. The lowest BCUT2D eigenvalue weighted by Gasteiger charge is -2.18. The number of rotatable bonds is 6. The van der Waals surface area contributed by atoms with Gasteiger partial charge in [-0.25, -0.2) is 13.9 Å². The summed E-state index contributed by atoms with van der Waals surface area (Å²) in [5, 5.41) is 10.4. The van der Waals surface area contributed by atoms with Crippen LogP contribution >= 0.6 is 9.24 Å². The van der Waals surface area contributed by atoms with Gasteiger partial charge in [-0.15, -0.1) is 22.4 Å². The number of amides is 2. The summed E-state index contributed by atoms with van der Waals surface area (Å²) in [7, 11) is 2.54. The third-order valence-electron chi connectivity index (χ3n) is 5.63. The standard InChI is InChI=1S/C25H22F4N5O3P/c1-12-17(24(36)30-13(2)18-10-16(4-5-19(18)26)37-25(27,28)29)8-15(9-21(12)38)20-6-7-23-32-22(31-14(3)35)11-34(23)33-20/h4-11,13H,38H2,1-3H3,(H,30,36)(H,31,35). The fourth-order valence-electron chi connectivity index (χ4n) is 3.80. The molecule has 0 radical (unpaired) electrons. The van der Waals surface area contributed by atoms with Crippen molar-refractivity contribution in [1.82, 2.24) is 19.9 Å². The normalized spacial score (nSPS) is 12.3. The van der Waals surface area contributed by atoms with E-state index in [1.165, 1.54) is 18.4 Å². The number of ether oxygens (including phenoxy) is 1. The van der Waals surface area contributed by atoms with Crippen LogP contribution in [-0.2, 0) is 4.79 Å². The summed E-state index contributed by atoms with van der Waals surface area (Å²) < 4.78 is 57.5. The van der Waals surface area contributed by atoms with Crippen LogP contribution < -0.4 is 20.7 Å². The molecule has 38 heavy (non-hydrogen) atoms. The van der Waals surface area contributed by atoms with E-state index in [2.05, 4.69) is 34.7 Å². The fourth-order valence-corrected chi connectivity index (χ4v) is 4.14. The molecule has 2 aromatic carbocycles. The Kier molecular flexibility index (Phi) is 7.37. The number of carbonyl (C=O) groups is 2. The van der Waals surface area contributed by atoms with Crippen molar-refractivity contribution in [2.75, 3.05) is 5.32 Å². The van der Waals surface area contributed by atoms with Gasteiger partial charge in [-0.2, -0.15) is 5.10 Å². The molecule has 2 aromatic heterocycles. The highest BCUT2D eigenvalue weighted by Gasteiger charge is 2.31. The van der Waals surface area contributed by atoms with E-state index >= 15 is 0 Å². The summed E-state index contributed by atoms with van der Waals surface area (Å²) in [6.45, 7) is 4.55. The number of hydrogen-bond acceptors (Lipinski definition) is 5. The molecule has 198 valence electrons. The molecule has 2 heterocycles. The minimum Gasteiger partial charge on any atom is -0.406 e. The predicted molar refractivity (Wildman–Crippen MR) is 136 cm³/mol. The summed E-state index contributed by atoms with van der Waals surface area (Å²) >= 11 is 0. The molecule has 2 unspecified atom stereocenters. The van der Waals surface area contributed by atoms with Gasteiger partial charge in [0, 0.05) is 23.6 Å². The molecule has 2 amide bonds. The zero-order chi connectivity index (χ0) is 27.8. The smallest absolute Gasteiger partial charge is 0.406 e. The van der Waals surface area contributed by atoms with Crippen LogP contribution in [0.5, 0.6) is 5.75 Å². The van der Waals surface area contributed by atoms with Crippen molar-refractivity contribution in [1.29, 1.82) is 0 Å². The molecular weight excluding hydrogens is 525 g/mol.